The van der Waals surface area contributed by atoms with Gasteiger partial charge in [0.15, 0.2) is 0 Å². The molecule has 3 rings (SSSR count). The zero-order valence-corrected chi connectivity index (χ0v) is 15.0. The van der Waals surface area contributed by atoms with E-state index in [0.29, 0.717) is 6.54 Å². The zero-order valence-electron chi connectivity index (χ0n) is 15.0. The first-order valence-corrected chi connectivity index (χ1v) is 8.72. The summed E-state index contributed by atoms with van der Waals surface area (Å²) in [5.74, 6) is -0.396. The van der Waals surface area contributed by atoms with Gasteiger partial charge in [-0.3, -0.25) is 9.63 Å². The van der Waals surface area contributed by atoms with Crippen LogP contribution in [0.4, 0.5) is 5.69 Å². The van der Waals surface area contributed by atoms with Crippen LogP contribution < -0.4 is 5.32 Å². The summed E-state index contributed by atoms with van der Waals surface area (Å²) in [7, 11) is 4.08. The molecule has 0 spiro atoms. The minimum absolute atomic E-state index is 0.120. The maximum Gasteiger partial charge on any atom is 0.326 e. The summed E-state index contributed by atoms with van der Waals surface area (Å²) in [6.07, 6.45) is -0.633. The van der Waals surface area contributed by atoms with Crippen molar-refractivity contribution in [3.05, 3.63) is 29.8 Å². The SMILES string of the molecule is CC1OC(=O)C2C1C(CO)ON2Cc1cccc(NCCN(C)C)c1. The number of aliphatic hydroxyl groups excluding tert-OH is 1. The van der Waals surface area contributed by atoms with Crippen LogP contribution in [0, 0.1) is 5.92 Å². The fourth-order valence-electron chi connectivity index (χ4n) is 3.54. The van der Waals surface area contributed by atoms with Crippen molar-refractivity contribution in [1.82, 2.24) is 9.96 Å². The van der Waals surface area contributed by atoms with Crippen molar-refractivity contribution >= 4 is 11.7 Å². The van der Waals surface area contributed by atoms with E-state index in [1.54, 1.807) is 5.06 Å². The summed E-state index contributed by atoms with van der Waals surface area (Å²) >= 11 is 0. The maximum atomic E-state index is 12.2. The first-order valence-electron chi connectivity index (χ1n) is 8.72. The molecule has 7 nitrogen and oxygen atoms in total. The van der Waals surface area contributed by atoms with Crippen LogP contribution in [-0.2, 0) is 20.9 Å². The number of carbonyl (C=O) groups is 1. The van der Waals surface area contributed by atoms with Crippen molar-refractivity contribution in [2.24, 2.45) is 5.92 Å². The van der Waals surface area contributed by atoms with Gasteiger partial charge < -0.3 is 20.1 Å². The molecule has 1 aromatic rings. The highest BCUT2D eigenvalue weighted by atomic mass is 16.7. The number of likely N-dealkylation sites (N-methyl/N-ethyl adjacent to an activating group) is 1. The Labute approximate surface area is 148 Å². The van der Waals surface area contributed by atoms with Gasteiger partial charge in [-0.2, -0.15) is 5.06 Å². The van der Waals surface area contributed by atoms with Crippen LogP contribution in [-0.4, -0.2) is 73.1 Å². The second-order valence-electron chi connectivity index (χ2n) is 7.00. The lowest BCUT2D eigenvalue weighted by Gasteiger charge is -2.20. The monoisotopic (exact) mass is 349 g/mol. The molecule has 4 atom stereocenters. The molecule has 138 valence electrons. The Balaban J connectivity index is 1.67. The van der Waals surface area contributed by atoms with E-state index in [2.05, 4.69) is 16.3 Å². The molecule has 2 saturated heterocycles. The van der Waals surface area contributed by atoms with Crippen molar-refractivity contribution in [3.63, 3.8) is 0 Å². The quantitative estimate of drug-likeness (QED) is 0.702. The van der Waals surface area contributed by atoms with Crippen LogP contribution in [0.5, 0.6) is 0 Å². The number of hydroxylamine groups is 2. The third-order valence-electron chi connectivity index (χ3n) is 4.79. The number of ether oxygens (including phenoxy) is 1. The van der Waals surface area contributed by atoms with Crippen LogP contribution in [0.3, 0.4) is 0 Å². The molecular formula is C18H27N3O4. The molecule has 2 aliphatic heterocycles. The van der Waals surface area contributed by atoms with Gasteiger partial charge in [0, 0.05) is 18.8 Å². The predicted octanol–water partition coefficient (Wildman–Crippen LogP) is 0.698. The number of esters is 1. The first-order chi connectivity index (χ1) is 12.0. The van der Waals surface area contributed by atoms with E-state index in [-0.39, 0.29) is 24.6 Å². The molecule has 2 fully saturated rings. The first kappa shape index (κ1) is 18.1. The zero-order chi connectivity index (χ0) is 18.0. The lowest BCUT2D eigenvalue weighted by molar-refractivity contribution is -0.195. The molecule has 2 heterocycles. The summed E-state index contributed by atoms with van der Waals surface area (Å²) < 4.78 is 5.34. The Hall–Kier alpha value is -1.67. The van der Waals surface area contributed by atoms with Gasteiger partial charge >= 0.3 is 5.97 Å². The van der Waals surface area contributed by atoms with Crippen LogP contribution in [0.25, 0.3) is 0 Å². The summed E-state index contributed by atoms with van der Waals surface area (Å²) in [6, 6.07) is 7.63. The number of hydrogen-bond acceptors (Lipinski definition) is 7. The number of benzene rings is 1. The molecule has 1 aromatic carbocycles. The predicted molar refractivity (Wildman–Crippen MR) is 93.8 cm³/mol. The Kier molecular flexibility index (Phi) is 5.58. The van der Waals surface area contributed by atoms with Gasteiger partial charge in [0.1, 0.15) is 18.2 Å². The molecule has 0 bridgehead atoms. The average molecular weight is 349 g/mol. The van der Waals surface area contributed by atoms with Crippen molar-refractivity contribution in [1.29, 1.82) is 0 Å². The normalized spacial score (nSPS) is 29.1. The molecule has 0 radical (unpaired) electrons. The highest BCUT2D eigenvalue weighted by Crippen LogP contribution is 2.38. The van der Waals surface area contributed by atoms with Crippen molar-refractivity contribution in [3.8, 4) is 0 Å². The summed E-state index contributed by atoms with van der Waals surface area (Å²) in [4.78, 5) is 20.1. The Morgan fingerprint density at radius 2 is 2.16 bits per heavy atom. The Morgan fingerprint density at radius 1 is 1.36 bits per heavy atom. The number of rotatable bonds is 7. The van der Waals surface area contributed by atoms with Crippen LogP contribution >= 0.6 is 0 Å². The molecule has 2 aliphatic rings. The number of fused-ring (bicyclic) bond motifs is 1. The minimum atomic E-state index is -0.447. The molecule has 0 aliphatic carbocycles. The van der Waals surface area contributed by atoms with E-state index in [1.807, 2.05) is 39.2 Å². The molecule has 0 saturated carbocycles. The molecule has 25 heavy (non-hydrogen) atoms. The van der Waals surface area contributed by atoms with Gasteiger partial charge in [-0.25, -0.2) is 0 Å². The second-order valence-corrected chi connectivity index (χ2v) is 7.00. The van der Waals surface area contributed by atoms with Gasteiger partial charge in [0.05, 0.1) is 19.1 Å². The maximum absolute atomic E-state index is 12.2. The summed E-state index contributed by atoms with van der Waals surface area (Å²) in [5, 5.41) is 14.6. The molecule has 2 N–H and O–H groups in total. The number of cyclic esters (lactones) is 1. The van der Waals surface area contributed by atoms with Gasteiger partial charge in [-0.1, -0.05) is 12.1 Å². The number of nitrogens with zero attached hydrogens (tertiary/aromatic N) is 2. The second kappa shape index (κ2) is 7.70. The number of hydrogen-bond donors (Lipinski definition) is 2. The highest BCUT2D eigenvalue weighted by Gasteiger charge is 2.56. The summed E-state index contributed by atoms with van der Waals surface area (Å²) in [5.41, 5.74) is 2.08. The van der Waals surface area contributed by atoms with E-state index in [0.717, 1.165) is 24.3 Å². The van der Waals surface area contributed by atoms with Crippen molar-refractivity contribution in [2.75, 3.05) is 39.1 Å². The standard InChI is InChI=1S/C18H27N3O4/c1-12-16-15(11-22)25-21(17(16)18(23)24-12)10-13-5-4-6-14(9-13)19-7-8-20(2)3/h4-6,9,12,15-17,19,22H,7-8,10-11H2,1-3H3. The highest BCUT2D eigenvalue weighted by molar-refractivity contribution is 5.79. The molecular weight excluding hydrogens is 322 g/mol. The van der Waals surface area contributed by atoms with Crippen LogP contribution in [0.1, 0.15) is 12.5 Å². The largest absolute Gasteiger partial charge is 0.461 e. The molecule has 4 unspecified atom stereocenters. The van der Waals surface area contributed by atoms with Crippen LogP contribution in [0.15, 0.2) is 24.3 Å². The third-order valence-corrected chi connectivity index (χ3v) is 4.79. The van der Waals surface area contributed by atoms with Gasteiger partial charge in [0.25, 0.3) is 0 Å². The number of anilines is 1. The van der Waals surface area contributed by atoms with E-state index >= 15 is 0 Å². The van der Waals surface area contributed by atoms with E-state index < -0.39 is 12.1 Å². The number of aliphatic hydroxyl groups is 1. The molecule has 0 amide bonds. The topological polar surface area (TPSA) is 74.3 Å². The molecule has 0 aromatic heterocycles. The van der Waals surface area contributed by atoms with Gasteiger partial charge in [0.2, 0.25) is 0 Å². The van der Waals surface area contributed by atoms with E-state index in [4.69, 9.17) is 9.57 Å². The smallest absolute Gasteiger partial charge is 0.326 e. The third kappa shape index (κ3) is 3.95. The lowest BCUT2D eigenvalue weighted by Crippen LogP contribution is -2.35. The summed E-state index contributed by atoms with van der Waals surface area (Å²) in [6.45, 7) is 4.02. The Morgan fingerprint density at radius 3 is 2.88 bits per heavy atom. The van der Waals surface area contributed by atoms with Gasteiger partial charge in [-0.15, -0.1) is 0 Å². The Bertz CT molecular complexity index is 610. The van der Waals surface area contributed by atoms with Crippen molar-refractivity contribution in [2.45, 2.75) is 31.7 Å². The van der Waals surface area contributed by atoms with Crippen molar-refractivity contribution < 1.29 is 19.5 Å². The van der Waals surface area contributed by atoms with E-state index in [1.165, 1.54) is 0 Å². The molecule has 7 heteroatoms. The lowest BCUT2D eigenvalue weighted by atomic mass is 9.93. The van der Waals surface area contributed by atoms with E-state index in [9.17, 15) is 9.90 Å². The fourth-order valence-corrected chi connectivity index (χ4v) is 3.54. The van der Waals surface area contributed by atoms with Crippen LogP contribution in [0.2, 0.25) is 0 Å². The fraction of sp³-hybridized carbons (Fsp3) is 0.611. The average Bonchev–Trinajstić information content (AvgIpc) is 3.07. The number of nitrogens with one attached hydrogen (secondary N) is 1. The van der Waals surface area contributed by atoms with Gasteiger partial charge in [-0.05, 0) is 38.7 Å². The number of carbonyl (C=O) groups excluding carboxylic acids is 1. The minimum Gasteiger partial charge on any atom is -0.461 e.